The van der Waals surface area contributed by atoms with Gasteiger partial charge in [0.1, 0.15) is 0 Å². The Morgan fingerprint density at radius 3 is 2.12 bits per heavy atom. The number of carbonyl (C=O) groups is 1. The summed E-state index contributed by atoms with van der Waals surface area (Å²) in [5.41, 5.74) is 0. The molecule has 0 N–H and O–H groups in total. The first-order valence-electron chi connectivity index (χ1n) is 8.62. The molecule has 3 saturated heterocycles. The number of ether oxygens (including phenoxy) is 2. The number of hydrogen-bond donors (Lipinski definition) is 0. The van der Waals surface area contributed by atoms with Crippen LogP contribution in [0.15, 0.2) is 0 Å². The first-order chi connectivity index (χ1) is 11.4. The van der Waals surface area contributed by atoms with Crippen molar-refractivity contribution in [2.24, 2.45) is 5.92 Å². The Kier molecular flexibility index (Phi) is 5.76. The second-order valence-electron chi connectivity index (χ2n) is 6.77. The fourth-order valence-corrected chi connectivity index (χ4v) is 4.42. The Bertz CT molecular complexity index is 533. The molecule has 0 aromatic rings. The van der Waals surface area contributed by atoms with E-state index in [-0.39, 0.29) is 12.2 Å². The van der Waals surface area contributed by atoms with Crippen LogP contribution in [0, 0.1) is 5.92 Å². The maximum absolute atomic E-state index is 12.4. The number of amides is 1. The van der Waals surface area contributed by atoms with Crippen molar-refractivity contribution in [2.45, 2.75) is 19.1 Å². The van der Waals surface area contributed by atoms with Gasteiger partial charge >= 0.3 is 0 Å². The third-order valence-electron chi connectivity index (χ3n) is 5.08. The van der Waals surface area contributed by atoms with Crippen molar-refractivity contribution in [3.05, 3.63) is 0 Å². The third-order valence-corrected chi connectivity index (χ3v) is 6.39. The van der Waals surface area contributed by atoms with Gasteiger partial charge in [-0.3, -0.25) is 9.69 Å². The zero-order chi connectivity index (χ0) is 17.2. The molecule has 3 aliphatic rings. The van der Waals surface area contributed by atoms with Gasteiger partial charge in [0.05, 0.1) is 26.0 Å². The fraction of sp³-hybridized carbons (Fsp3) is 0.933. The Balaban J connectivity index is 1.40. The second kappa shape index (κ2) is 7.65. The second-order valence-corrected chi connectivity index (χ2v) is 8.75. The monoisotopic (exact) mass is 361 g/mol. The van der Waals surface area contributed by atoms with Crippen LogP contribution < -0.4 is 0 Å². The van der Waals surface area contributed by atoms with Crippen molar-refractivity contribution < 1.29 is 22.7 Å². The van der Waals surface area contributed by atoms with Crippen LogP contribution in [0.2, 0.25) is 0 Å². The maximum Gasteiger partial charge on any atom is 0.236 e. The Labute approximate surface area is 143 Å². The van der Waals surface area contributed by atoms with Crippen LogP contribution in [0.4, 0.5) is 0 Å². The molecule has 0 spiro atoms. The minimum absolute atomic E-state index is 0.0630. The zero-order valence-electron chi connectivity index (χ0n) is 14.2. The molecule has 0 aromatic carbocycles. The van der Waals surface area contributed by atoms with E-state index in [4.69, 9.17) is 9.47 Å². The highest BCUT2D eigenvalue weighted by Crippen LogP contribution is 2.25. The molecule has 0 bridgehead atoms. The van der Waals surface area contributed by atoms with E-state index in [0.29, 0.717) is 51.9 Å². The predicted molar refractivity (Wildman–Crippen MR) is 87.9 cm³/mol. The van der Waals surface area contributed by atoms with Gasteiger partial charge in [0.2, 0.25) is 15.9 Å². The summed E-state index contributed by atoms with van der Waals surface area (Å²) in [4.78, 5) is 16.4. The highest BCUT2D eigenvalue weighted by atomic mass is 32.2. The van der Waals surface area contributed by atoms with Crippen molar-refractivity contribution >= 4 is 15.9 Å². The standard InChI is InChI=1S/C15H27N3O5S/c1-24(20,21)18-8-6-17(7-9-18)14(19)12-16-4-2-13(3-5-16)15-22-10-11-23-15/h13,15H,2-12H2,1H3. The van der Waals surface area contributed by atoms with Gasteiger partial charge in [-0.2, -0.15) is 4.31 Å². The quantitative estimate of drug-likeness (QED) is 0.651. The van der Waals surface area contributed by atoms with E-state index < -0.39 is 10.0 Å². The van der Waals surface area contributed by atoms with Gasteiger partial charge in [-0.1, -0.05) is 0 Å². The summed E-state index contributed by atoms with van der Waals surface area (Å²) in [5, 5.41) is 0. The van der Waals surface area contributed by atoms with Gasteiger partial charge in [0.25, 0.3) is 0 Å². The van der Waals surface area contributed by atoms with Crippen molar-refractivity contribution in [1.82, 2.24) is 14.1 Å². The number of nitrogens with zero attached hydrogens (tertiary/aromatic N) is 3. The van der Waals surface area contributed by atoms with E-state index in [2.05, 4.69) is 4.90 Å². The zero-order valence-corrected chi connectivity index (χ0v) is 15.0. The molecule has 0 saturated carbocycles. The summed E-state index contributed by atoms with van der Waals surface area (Å²) in [6, 6.07) is 0. The first kappa shape index (κ1) is 18.1. The molecule has 9 heteroatoms. The van der Waals surface area contributed by atoms with Crippen LogP contribution in [0.5, 0.6) is 0 Å². The fourth-order valence-electron chi connectivity index (χ4n) is 3.59. The number of carbonyl (C=O) groups excluding carboxylic acids is 1. The lowest BCUT2D eigenvalue weighted by Gasteiger charge is -2.37. The van der Waals surface area contributed by atoms with Gasteiger partial charge in [0.15, 0.2) is 6.29 Å². The molecule has 1 amide bonds. The summed E-state index contributed by atoms with van der Waals surface area (Å²) < 4.78 is 35.6. The highest BCUT2D eigenvalue weighted by Gasteiger charge is 2.32. The van der Waals surface area contributed by atoms with Crippen molar-refractivity contribution in [3.8, 4) is 0 Å². The van der Waals surface area contributed by atoms with Crippen LogP contribution in [0.25, 0.3) is 0 Å². The predicted octanol–water partition coefficient (Wildman–Crippen LogP) is -0.825. The smallest absolute Gasteiger partial charge is 0.236 e. The van der Waals surface area contributed by atoms with Crippen LogP contribution in [-0.4, -0.2) is 100 Å². The van der Waals surface area contributed by atoms with Gasteiger partial charge < -0.3 is 14.4 Å². The summed E-state index contributed by atoms with van der Waals surface area (Å²) in [6.45, 7) is 5.28. The van der Waals surface area contributed by atoms with Crippen LogP contribution in [-0.2, 0) is 24.3 Å². The number of sulfonamides is 1. The third kappa shape index (κ3) is 4.45. The average Bonchev–Trinajstić information content (AvgIpc) is 3.09. The van der Waals surface area contributed by atoms with Gasteiger partial charge in [-0.05, 0) is 25.9 Å². The summed E-state index contributed by atoms with van der Waals surface area (Å²) >= 11 is 0. The molecule has 3 aliphatic heterocycles. The van der Waals surface area contributed by atoms with Crippen molar-refractivity contribution in [1.29, 1.82) is 0 Å². The van der Waals surface area contributed by atoms with E-state index in [1.165, 1.54) is 10.6 Å². The molecule has 3 heterocycles. The average molecular weight is 361 g/mol. The summed E-state index contributed by atoms with van der Waals surface area (Å²) in [5.74, 6) is 0.520. The van der Waals surface area contributed by atoms with E-state index in [9.17, 15) is 13.2 Å². The molecule has 24 heavy (non-hydrogen) atoms. The number of piperazine rings is 1. The Hall–Kier alpha value is -0.740. The SMILES string of the molecule is CS(=O)(=O)N1CCN(C(=O)CN2CCC(C3OCCO3)CC2)CC1. The molecule has 0 aliphatic carbocycles. The minimum Gasteiger partial charge on any atom is -0.350 e. The summed E-state index contributed by atoms with van der Waals surface area (Å²) in [7, 11) is -3.16. The minimum atomic E-state index is -3.16. The normalized spacial score (nSPS) is 26.1. The first-order valence-corrected chi connectivity index (χ1v) is 10.5. The molecular formula is C15H27N3O5S. The lowest BCUT2D eigenvalue weighted by atomic mass is 9.96. The number of hydrogen-bond acceptors (Lipinski definition) is 6. The van der Waals surface area contributed by atoms with Crippen molar-refractivity contribution in [3.63, 3.8) is 0 Å². The van der Waals surface area contributed by atoms with Gasteiger partial charge in [-0.25, -0.2) is 8.42 Å². The maximum atomic E-state index is 12.4. The molecule has 0 aromatic heterocycles. The molecule has 0 unspecified atom stereocenters. The molecule has 0 atom stereocenters. The van der Waals surface area contributed by atoms with E-state index in [1.54, 1.807) is 4.90 Å². The number of rotatable bonds is 4. The largest absolute Gasteiger partial charge is 0.350 e. The molecule has 8 nitrogen and oxygen atoms in total. The van der Waals surface area contributed by atoms with E-state index in [1.807, 2.05) is 0 Å². The van der Waals surface area contributed by atoms with Gasteiger partial charge in [-0.15, -0.1) is 0 Å². The number of likely N-dealkylation sites (tertiary alicyclic amines) is 1. The molecule has 3 fully saturated rings. The van der Waals surface area contributed by atoms with E-state index in [0.717, 1.165) is 25.9 Å². The molecular weight excluding hydrogens is 334 g/mol. The topological polar surface area (TPSA) is 79.4 Å². The Morgan fingerprint density at radius 1 is 1.00 bits per heavy atom. The van der Waals surface area contributed by atoms with Crippen LogP contribution in [0.3, 0.4) is 0 Å². The lowest BCUT2D eigenvalue weighted by molar-refractivity contribution is -0.135. The highest BCUT2D eigenvalue weighted by molar-refractivity contribution is 7.88. The lowest BCUT2D eigenvalue weighted by Crippen LogP contribution is -2.53. The number of piperidine rings is 1. The molecule has 138 valence electrons. The van der Waals surface area contributed by atoms with Crippen molar-refractivity contribution in [2.75, 3.05) is 65.3 Å². The van der Waals surface area contributed by atoms with Gasteiger partial charge in [0, 0.05) is 32.1 Å². The molecule has 0 radical (unpaired) electrons. The molecule has 3 rings (SSSR count). The Morgan fingerprint density at radius 2 is 1.58 bits per heavy atom. The van der Waals surface area contributed by atoms with Crippen LogP contribution in [0.1, 0.15) is 12.8 Å². The van der Waals surface area contributed by atoms with Crippen LogP contribution >= 0.6 is 0 Å². The van der Waals surface area contributed by atoms with E-state index >= 15 is 0 Å². The summed E-state index contributed by atoms with van der Waals surface area (Å²) in [6.07, 6.45) is 3.12.